The zero-order chi connectivity index (χ0) is 15.2. The van der Waals surface area contributed by atoms with Gasteiger partial charge in [0.1, 0.15) is 0 Å². The lowest BCUT2D eigenvalue weighted by Gasteiger charge is -2.33. The molecular weight excluding hydrogens is 264 g/mol. The maximum Gasteiger partial charge on any atom is 0.225 e. The van der Waals surface area contributed by atoms with Crippen LogP contribution in [0.4, 0.5) is 0 Å². The van der Waals surface area contributed by atoms with Crippen molar-refractivity contribution in [2.45, 2.75) is 59.2 Å². The normalized spacial score (nSPS) is 16.7. The molecule has 0 spiro atoms. The summed E-state index contributed by atoms with van der Waals surface area (Å²) in [4.78, 5) is 14.0. The van der Waals surface area contributed by atoms with Gasteiger partial charge >= 0.3 is 0 Å². The Labute approximate surface area is 127 Å². The number of carbonyl (C=O) groups is 1. The van der Waals surface area contributed by atoms with Crippen molar-refractivity contribution in [1.29, 1.82) is 0 Å². The number of nitrogens with zero attached hydrogens (tertiary/aromatic N) is 3. The molecule has 5 heteroatoms. The molecule has 1 aromatic heterocycles. The predicted molar refractivity (Wildman–Crippen MR) is 83.8 cm³/mol. The van der Waals surface area contributed by atoms with Crippen LogP contribution in [0.2, 0.25) is 0 Å². The molecule has 1 fully saturated rings. The smallest absolute Gasteiger partial charge is 0.225 e. The van der Waals surface area contributed by atoms with E-state index >= 15 is 0 Å². The van der Waals surface area contributed by atoms with Crippen LogP contribution >= 0.6 is 0 Å². The van der Waals surface area contributed by atoms with Crippen molar-refractivity contribution < 1.29 is 4.79 Å². The summed E-state index contributed by atoms with van der Waals surface area (Å²) >= 11 is 0. The Morgan fingerprint density at radius 1 is 1.43 bits per heavy atom. The molecular formula is C16H28N4O. The van der Waals surface area contributed by atoms with Gasteiger partial charge < -0.3 is 10.2 Å². The zero-order valence-electron chi connectivity index (χ0n) is 13.5. The van der Waals surface area contributed by atoms with Crippen LogP contribution in [0.15, 0.2) is 12.3 Å². The first kappa shape index (κ1) is 16.0. The van der Waals surface area contributed by atoms with Crippen molar-refractivity contribution in [2.75, 3.05) is 13.1 Å². The van der Waals surface area contributed by atoms with E-state index in [2.05, 4.69) is 28.1 Å². The largest absolute Gasteiger partial charge is 0.342 e. The summed E-state index contributed by atoms with van der Waals surface area (Å²) in [6.07, 6.45) is 5.06. The molecule has 1 aliphatic heterocycles. The number of piperidine rings is 1. The van der Waals surface area contributed by atoms with Crippen LogP contribution in [0.1, 0.15) is 45.7 Å². The van der Waals surface area contributed by atoms with Crippen molar-refractivity contribution >= 4 is 5.91 Å². The van der Waals surface area contributed by atoms with Crippen LogP contribution < -0.4 is 5.32 Å². The van der Waals surface area contributed by atoms with Crippen molar-refractivity contribution in [3.05, 3.63) is 18.0 Å². The first-order valence-electron chi connectivity index (χ1n) is 8.14. The second kappa shape index (κ2) is 7.59. The summed E-state index contributed by atoms with van der Waals surface area (Å²) < 4.78 is 2.07. The van der Waals surface area contributed by atoms with Gasteiger partial charge in [0.05, 0.1) is 5.69 Å². The van der Waals surface area contributed by atoms with Gasteiger partial charge in [0.25, 0.3) is 0 Å². The Kier molecular flexibility index (Phi) is 5.79. The van der Waals surface area contributed by atoms with Crippen LogP contribution in [0, 0.1) is 5.92 Å². The van der Waals surface area contributed by atoms with Crippen LogP contribution in [0.25, 0.3) is 0 Å². The molecule has 1 aliphatic rings. The van der Waals surface area contributed by atoms with E-state index in [4.69, 9.17) is 0 Å². The van der Waals surface area contributed by atoms with Crippen molar-refractivity contribution in [1.82, 2.24) is 20.0 Å². The Morgan fingerprint density at radius 3 is 2.76 bits per heavy atom. The highest BCUT2D eigenvalue weighted by molar-refractivity contribution is 5.78. The van der Waals surface area contributed by atoms with E-state index in [0.29, 0.717) is 6.04 Å². The Hall–Kier alpha value is -1.36. The van der Waals surface area contributed by atoms with Gasteiger partial charge in [-0.05, 0) is 25.3 Å². The number of aryl methyl sites for hydroxylation is 1. The van der Waals surface area contributed by atoms with E-state index in [1.807, 2.05) is 24.9 Å². The van der Waals surface area contributed by atoms with E-state index < -0.39 is 0 Å². The molecule has 0 atom stereocenters. The molecule has 0 saturated carbocycles. The average molecular weight is 292 g/mol. The number of nitrogens with one attached hydrogen (secondary N) is 1. The molecule has 118 valence electrons. The number of rotatable bonds is 6. The van der Waals surface area contributed by atoms with Crippen LogP contribution in [-0.2, 0) is 17.9 Å². The summed E-state index contributed by atoms with van der Waals surface area (Å²) in [6.45, 7) is 9.71. The van der Waals surface area contributed by atoms with E-state index in [0.717, 1.165) is 45.4 Å². The molecule has 1 saturated heterocycles. The topological polar surface area (TPSA) is 50.2 Å². The van der Waals surface area contributed by atoms with Crippen LogP contribution in [0.5, 0.6) is 0 Å². The van der Waals surface area contributed by atoms with E-state index in [1.165, 1.54) is 5.69 Å². The lowest BCUT2D eigenvalue weighted by Crippen LogP contribution is -2.46. The number of hydrogen-bond donors (Lipinski definition) is 1. The molecule has 0 aliphatic carbocycles. The molecule has 0 aromatic carbocycles. The molecule has 0 bridgehead atoms. The van der Waals surface area contributed by atoms with Crippen molar-refractivity contribution in [2.24, 2.45) is 5.92 Å². The minimum Gasteiger partial charge on any atom is -0.342 e. The maximum absolute atomic E-state index is 12.0. The lowest BCUT2D eigenvalue weighted by atomic mass is 10.0. The summed E-state index contributed by atoms with van der Waals surface area (Å²) in [7, 11) is 0. The average Bonchev–Trinajstić information content (AvgIpc) is 2.92. The fraction of sp³-hybridized carbons (Fsp3) is 0.750. The minimum atomic E-state index is 0.109. The molecule has 5 nitrogen and oxygen atoms in total. The van der Waals surface area contributed by atoms with Crippen molar-refractivity contribution in [3.63, 3.8) is 0 Å². The van der Waals surface area contributed by atoms with Gasteiger partial charge in [-0.3, -0.25) is 9.48 Å². The van der Waals surface area contributed by atoms with E-state index in [-0.39, 0.29) is 11.8 Å². The summed E-state index contributed by atoms with van der Waals surface area (Å²) in [5.41, 5.74) is 1.25. The van der Waals surface area contributed by atoms with E-state index in [9.17, 15) is 4.79 Å². The number of amides is 1. The maximum atomic E-state index is 12.0. The molecule has 1 aromatic rings. The summed E-state index contributed by atoms with van der Waals surface area (Å²) in [6, 6.07) is 2.59. The van der Waals surface area contributed by atoms with Crippen LogP contribution in [-0.4, -0.2) is 39.7 Å². The fourth-order valence-electron chi connectivity index (χ4n) is 2.84. The third-order valence-corrected chi connectivity index (χ3v) is 4.11. The number of hydrogen-bond acceptors (Lipinski definition) is 3. The molecule has 2 rings (SSSR count). The van der Waals surface area contributed by atoms with Gasteiger partial charge in [0, 0.05) is 44.3 Å². The van der Waals surface area contributed by atoms with Crippen molar-refractivity contribution in [3.8, 4) is 0 Å². The zero-order valence-corrected chi connectivity index (χ0v) is 13.5. The van der Waals surface area contributed by atoms with Crippen LogP contribution in [0.3, 0.4) is 0 Å². The van der Waals surface area contributed by atoms with Gasteiger partial charge in [0.15, 0.2) is 0 Å². The molecule has 1 amide bonds. The van der Waals surface area contributed by atoms with Gasteiger partial charge in [-0.25, -0.2) is 0 Å². The third-order valence-electron chi connectivity index (χ3n) is 4.11. The first-order valence-corrected chi connectivity index (χ1v) is 8.14. The SMILES string of the molecule is CCCn1nccc1CNC1CCN(C(=O)C(C)C)CC1. The molecule has 21 heavy (non-hydrogen) atoms. The standard InChI is InChI=1S/C16H28N4O/c1-4-9-20-15(5-8-18-20)12-17-14-6-10-19(11-7-14)16(21)13(2)3/h5,8,13-14,17H,4,6-7,9-12H2,1-3H3. The number of aromatic nitrogens is 2. The quantitative estimate of drug-likeness (QED) is 0.873. The second-order valence-electron chi connectivity index (χ2n) is 6.18. The molecule has 0 unspecified atom stereocenters. The van der Waals surface area contributed by atoms with Gasteiger partial charge in [-0.1, -0.05) is 20.8 Å². The minimum absolute atomic E-state index is 0.109. The third kappa shape index (κ3) is 4.30. The van der Waals surface area contributed by atoms with E-state index in [1.54, 1.807) is 0 Å². The van der Waals surface area contributed by atoms with Gasteiger partial charge in [-0.2, -0.15) is 5.10 Å². The summed E-state index contributed by atoms with van der Waals surface area (Å²) in [5, 5.41) is 7.96. The van der Waals surface area contributed by atoms with Gasteiger partial charge in [-0.15, -0.1) is 0 Å². The number of likely N-dealkylation sites (tertiary alicyclic amines) is 1. The fourth-order valence-corrected chi connectivity index (χ4v) is 2.84. The molecule has 1 N–H and O–H groups in total. The molecule has 0 radical (unpaired) electrons. The highest BCUT2D eigenvalue weighted by Crippen LogP contribution is 2.14. The highest BCUT2D eigenvalue weighted by atomic mass is 16.2. The Morgan fingerprint density at radius 2 is 2.14 bits per heavy atom. The van der Waals surface area contributed by atoms with Gasteiger partial charge in [0.2, 0.25) is 5.91 Å². The second-order valence-corrected chi connectivity index (χ2v) is 6.18. The Balaban J connectivity index is 1.76. The Bertz CT molecular complexity index is 447. The highest BCUT2D eigenvalue weighted by Gasteiger charge is 2.23. The molecule has 2 heterocycles. The monoisotopic (exact) mass is 292 g/mol. The lowest BCUT2D eigenvalue weighted by molar-refractivity contribution is -0.135. The first-order chi connectivity index (χ1) is 10.1. The summed E-state index contributed by atoms with van der Waals surface area (Å²) in [5.74, 6) is 0.396. The predicted octanol–water partition coefficient (Wildman–Crippen LogP) is 2.03. The number of carbonyl (C=O) groups excluding carboxylic acids is 1.